The van der Waals surface area contributed by atoms with E-state index in [4.69, 9.17) is 0 Å². The van der Waals surface area contributed by atoms with Gasteiger partial charge in [-0.25, -0.2) is 0 Å². The molecule has 0 saturated carbocycles. The van der Waals surface area contributed by atoms with E-state index < -0.39 is 0 Å². The first kappa shape index (κ1) is 13.2. The van der Waals surface area contributed by atoms with Crippen molar-refractivity contribution in [1.82, 2.24) is 15.1 Å². The molecule has 0 bridgehead atoms. The van der Waals surface area contributed by atoms with Crippen LogP contribution in [0.5, 0.6) is 0 Å². The first-order valence-electron chi connectivity index (χ1n) is 6.24. The van der Waals surface area contributed by atoms with Crippen molar-refractivity contribution in [2.24, 2.45) is 5.41 Å². The van der Waals surface area contributed by atoms with Crippen molar-refractivity contribution in [2.45, 2.75) is 53.6 Å². The van der Waals surface area contributed by atoms with Crippen LogP contribution in [0.15, 0.2) is 12.3 Å². The molecule has 0 aliphatic rings. The minimum Gasteiger partial charge on any atom is -0.311 e. The minimum absolute atomic E-state index is 0.375. The molecular formula is C13H25N3. The average Bonchev–Trinajstić information content (AvgIpc) is 2.62. The Morgan fingerprint density at radius 2 is 2.12 bits per heavy atom. The maximum Gasteiger partial charge on any atom is 0.0522 e. The molecule has 92 valence electrons. The second-order valence-corrected chi connectivity index (χ2v) is 5.53. The number of aryl methyl sites for hydroxylation is 1. The topological polar surface area (TPSA) is 29.9 Å². The molecule has 1 rings (SSSR count). The monoisotopic (exact) mass is 223 g/mol. The Kier molecular flexibility index (Phi) is 5.00. The van der Waals surface area contributed by atoms with Gasteiger partial charge in [-0.15, -0.1) is 0 Å². The van der Waals surface area contributed by atoms with Crippen molar-refractivity contribution in [3.63, 3.8) is 0 Å². The molecule has 16 heavy (non-hydrogen) atoms. The van der Waals surface area contributed by atoms with Gasteiger partial charge in [-0.3, -0.25) is 4.68 Å². The zero-order chi connectivity index (χ0) is 12.0. The van der Waals surface area contributed by atoms with Gasteiger partial charge in [-0.05, 0) is 30.9 Å². The third-order valence-electron chi connectivity index (χ3n) is 2.61. The second kappa shape index (κ2) is 6.04. The molecule has 0 spiro atoms. The predicted molar refractivity (Wildman–Crippen MR) is 68.3 cm³/mol. The Morgan fingerprint density at radius 3 is 2.75 bits per heavy atom. The number of hydrogen-bond donors (Lipinski definition) is 1. The molecule has 3 nitrogen and oxygen atoms in total. The standard InChI is InChI=1S/C13H25N3/c1-5-8-14-11-12-6-9-15-16(12)10-7-13(2,3)4/h6,9,14H,5,7-8,10-11H2,1-4H3. The molecule has 1 N–H and O–H groups in total. The molecular weight excluding hydrogens is 198 g/mol. The van der Waals surface area contributed by atoms with Crippen LogP contribution in [0.3, 0.4) is 0 Å². The second-order valence-electron chi connectivity index (χ2n) is 5.53. The largest absolute Gasteiger partial charge is 0.311 e. The fourth-order valence-corrected chi connectivity index (χ4v) is 1.55. The first-order chi connectivity index (χ1) is 7.53. The number of rotatable bonds is 6. The van der Waals surface area contributed by atoms with E-state index in [1.165, 1.54) is 12.1 Å². The molecule has 0 radical (unpaired) electrons. The fourth-order valence-electron chi connectivity index (χ4n) is 1.55. The van der Waals surface area contributed by atoms with Crippen LogP contribution in [0, 0.1) is 5.41 Å². The lowest BCUT2D eigenvalue weighted by atomic mass is 9.92. The molecule has 0 fully saturated rings. The fraction of sp³-hybridized carbons (Fsp3) is 0.769. The number of aromatic nitrogens is 2. The molecule has 1 aromatic rings. The summed E-state index contributed by atoms with van der Waals surface area (Å²) in [5.74, 6) is 0. The maximum atomic E-state index is 4.37. The highest BCUT2D eigenvalue weighted by molar-refractivity contribution is 5.00. The summed E-state index contributed by atoms with van der Waals surface area (Å²) in [5.41, 5.74) is 1.66. The number of hydrogen-bond acceptors (Lipinski definition) is 2. The molecule has 1 heterocycles. The van der Waals surface area contributed by atoms with Crippen LogP contribution in [0.2, 0.25) is 0 Å². The molecule has 0 unspecified atom stereocenters. The van der Waals surface area contributed by atoms with Crippen molar-refractivity contribution in [3.05, 3.63) is 18.0 Å². The predicted octanol–water partition coefficient (Wildman–Crippen LogP) is 2.82. The van der Waals surface area contributed by atoms with Crippen LogP contribution >= 0.6 is 0 Å². The lowest BCUT2D eigenvalue weighted by Gasteiger charge is -2.18. The van der Waals surface area contributed by atoms with Gasteiger partial charge in [0.15, 0.2) is 0 Å². The molecule has 1 aromatic heterocycles. The highest BCUT2D eigenvalue weighted by atomic mass is 15.3. The van der Waals surface area contributed by atoms with Crippen LogP contribution in [-0.4, -0.2) is 16.3 Å². The number of nitrogens with zero attached hydrogens (tertiary/aromatic N) is 2. The van der Waals surface area contributed by atoms with Gasteiger partial charge >= 0.3 is 0 Å². The van der Waals surface area contributed by atoms with Gasteiger partial charge in [-0.1, -0.05) is 27.7 Å². The van der Waals surface area contributed by atoms with Gasteiger partial charge in [0.1, 0.15) is 0 Å². The van der Waals surface area contributed by atoms with Crippen molar-refractivity contribution in [3.8, 4) is 0 Å². The van der Waals surface area contributed by atoms with Gasteiger partial charge in [0.05, 0.1) is 5.69 Å². The summed E-state index contributed by atoms with van der Waals surface area (Å²) in [6, 6.07) is 2.10. The molecule has 0 aliphatic carbocycles. The average molecular weight is 223 g/mol. The van der Waals surface area contributed by atoms with E-state index in [1.807, 2.05) is 6.20 Å². The summed E-state index contributed by atoms with van der Waals surface area (Å²) < 4.78 is 2.12. The van der Waals surface area contributed by atoms with E-state index in [9.17, 15) is 0 Å². The molecule has 3 heteroatoms. The van der Waals surface area contributed by atoms with Crippen LogP contribution in [0.25, 0.3) is 0 Å². The Bertz CT molecular complexity index is 296. The highest BCUT2D eigenvalue weighted by Gasteiger charge is 2.11. The van der Waals surface area contributed by atoms with E-state index in [0.29, 0.717) is 5.41 Å². The van der Waals surface area contributed by atoms with Gasteiger partial charge < -0.3 is 5.32 Å². The summed E-state index contributed by atoms with van der Waals surface area (Å²) in [6.07, 6.45) is 4.23. The molecule has 0 aromatic carbocycles. The van der Waals surface area contributed by atoms with E-state index >= 15 is 0 Å². The lowest BCUT2D eigenvalue weighted by molar-refractivity contribution is 0.337. The van der Waals surface area contributed by atoms with E-state index in [-0.39, 0.29) is 0 Å². The lowest BCUT2D eigenvalue weighted by Crippen LogP contribution is -2.19. The van der Waals surface area contributed by atoms with Crippen molar-refractivity contribution in [2.75, 3.05) is 6.54 Å². The Hall–Kier alpha value is -0.830. The van der Waals surface area contributed by atoms with E-state index in [0.717, 1.165) is 26.1 Å². The van der Waals surface area contributed by atoms with E-state index in [2.05, 4.69) is 48.9 Å². The maximum absolute atomic E-state index is 4.37. The summed E-state index contributed by atoms with van der Waals surface area (Å²) >= 11 is 0. The molecule has 0 aliphatic heterocycles. The molecule has 0 saturated heterocycles. The third kappa shape index (κ3) is 4.79. The molecule has 0 amide bonds. The quantitative estimate of drug-likeness (QED) is 0.752. The van der Waals surface area contributed by atoms with Crippen molar-refractivity contribution >= 4 is 0 Å². The van der Waals surface area contributed by atoms with Gasteiger partial charge in [-0.2, -0.15) is 5.10 Å². The third-order valence-corrected chi connectivity index (χ3v) is 2.61. The summed E-state index contributed by atoms with van der Waals surface area (Å²) in [7, 11) is 0. The highest BCUT2D eigenvalue weighted by Crippen LogP contribution is 2.19. The minimum atomic E-state index is 0.375. The van der Waals surface area contributed by atoms with E-state index in [1.54, 1.807) is 0 Å². The Morgan fingerprint density at radius 1 is 1.38 bits per heavy atom. The zero-order valence-electron chi connectivity index (χ0n) is 11.1. The van der Waals surface area contributed by atoms with Gasteiger partial charge in [0.25, 0.3) is 0 Å². The van der Waals surface area contributed by atoms with Crippen molar-refractivity contribution in [1.29, 1.82) is 0 Å². The van der Waals surface area contributed by atoms with Crippen LogP contribution in [0.1, 0.15) is 46.2 Å². The summed E-state index contributed by atoms with van der Waals surface area (Å²) in [6.45, 7) is 12.0. The first-order valence-corrected chi connectivity index (χ1v) is 6.24. The van der Waals surface area contributed by atoms with Gasteiger partial charge in [0.2, 0.25) is 0 Å². The van der Waals surface area contributed by atoms with Crippen LogP contribution < -0.4 is 5.32 Å². The zero-order valence-corrected chi connectivity index (χ0v) is 11.1. The normalized spacial score (nSPS) is 12.0. The molecule has 0 atom stereocenters. The van der Waals surface area contributed by atoms with Crippen molar-refractivity contribution < 1.29 is 0 Å². The summed E-state index contributed by atoms with van der Waals surface area (Å²) in [4.78, 5) is 0. The smallest absolute Gasteiger partial charge is 0.0522 e. The Balaban J connectivity index is 2.44. The SMILES string of the molecule is CCCNCc1ccnn1CCC(C)(C)C. The Labute approximate surface area is 99.2 Å². The van der Waals surface area contributed by atoms with Crippen LogP contribution in [0.4, 0.5) is 0 Å². The summed E-state index contributed by atoms with van der Waals surface area (Å²) in [5, 5.41) is 7.79. The van der Waals surface area contributed by atoms with Crippen LogP contribution in [-0.2, 0) is 13.1 Å². The van der Waals surface area contributed by atoms with Gasteiger partial charge in [0, 0.05) is 19.3 Å². The number of nitrogens with one attached hydrogen (secondary N) is 1.